The van der Waals surface area contributed by atoms with Crippen molar-refractivity contribution in [3.63, 3.8) is 0 Å². The number of carbonyl (C=O) groups excluding carboxylic acids is 2. The second-order valence-corrected chi connectivity index (χ2v) is 6.84. The van der Waals surface area contributed by atoms with Crippen LogP contribution in [0.2, 0.25) is 0 Å². The second kappa shape index (κ2) is 6.52. The lowest BCUT2D eigenvalue weighted by atomic mass is 9.95. The maximum absolute atomic E-state index is 13.1. The Hall–Kier alpha value is -1.94. The van der Waals surface area contributed by atoms with Crippen LogP contribution in [0, 0.1) is 0 Å². The largest absolute Gasteiger partial charge is 0.268 e. The average Bonchev–Trinajstić information content (AvgIpc) is 2.85. The van der Waals surface area contributed by atoms with Crippen molar-refractivity contribution in [1.82, 2.24) is 0 Å². The highest BCUT2D eigenvalue weighted by molar-refractivity contribution is 9.08. The lowest BCUT2D eigenvalue weighted by Crippen LogP contribution is -2.31. The Morgan fingerprint density at radius 3 is 2.29 bits per heavy atom. The molecule has 0 saturated carbocycles. The molecule has 2 aromatic rings. The molecule has 1 aliphatic rings. The zero-order valence-electron chi connectivity index (χ0n) is 14.1. The van der Waals surface area contributed by atoms with Gasteiger partial charge in [0.1, 0.15) is 0 Å². The number of hydrogen-bond donors (Lipinski definition) is 0. The maximum atomic E-state index is 13.1. The number of aryl methyl sites for hydroxylation is 1. The third-order valence-corrected chi connectivity index (χ3v) is 5.13. The molecule has 0 atom stereocenters. The lowest BCUT2D eigenvalue weighted by Gasteiger charge is -2.23. The molecule has 0 aliphatic carbocycles. The Labute approximate surface area is 150 Å². The zero-order chi connectivity index (χ0) is 17.4. The molecule has 0 unspecified atom stereocenters. The molecular weight excluding hydrogens is 366 g/mol. The minimum Gasteiger partial charge on any atom is -0.268 e. The summed E-state index contributed by atoms with van der Waals surface area (Å²) >= 11 is 3.42. The van der Waals surface area contributed by atoms with Crippen molar-refractivity contribution in [2.45, 2.75) is 38.4 Å². The normalized spacial score (nSPS) is 13.8. The van der Waals surface area contributed by atoms with E-state index < -0.39 is 0 Å². The summed E-state index contributed by atoms with van der Waals surface area (Å²) in [5.41, 5.74) is 4.70. The van der Waals surface area contributed by atoms with Crippen molar-refractivity contribution in [1.29, 1.82) is 0 Å². The molecule has 0 radical (unpaired) electrons. The number of anilines is 1. The number of benzene rings is 2. The molecule has 24 heavy (non-hydrogen) atoms. The molecule has 1 aliphatic heterocycles. The minimum absolute atomic E-state index is 0.215. The van der Waals surface area contributed by atoms with Crippen molar-refractivity contribution in [3.8, 4) is 0 Å². The monoisotopic (exact) mass is 385 g/mol. The number of amides is 2. The van der Waals surface area contributed by atoms with Gasteiger partial charge in [-0.05, 0) is 35.1 Å². The highest BCUT2D eigenvalue weighted by Crippen LogP contribution is 2.38. The number of fused-ring (bicyclic) bond motifs is 1. The van der Waals surface area contributed by atoms with E-state index in [1.54, 1.807) is 6.07 Å². The second-order valence-electron chi connectivity index (χ2n) is 6.28. The number of hydrogen-bond acceptors (Lipinski definition) is 2. The molecule has 4 heteroatoms. The number of carbonyl (C=O) groups is 2. The van der Waals surface area contributed by atoms with Gasteiger partial charge in [-0.3, -0.25) is 9.59 Å². The van der Waals surface area contributed by atoms with E-state index in [2.05, 4.69) is 29.8 Å². The van der Waals surface area contributed by atoms with Crippen LogP contribution < -0.4 is 4.90 Å². The van der Waals surface area contributed by atoms with Gasteiger partial charge in [0.05, 0.1) is 16.8 Å². The third kappa shape index (κ3) is 2.49. The first-order valence-corrected chi connectivity index (χ1v) is 9.31. The van der Waals surface area contributed by atoms with Gasteiger partial charge in [-0.2, -0.15) is 0 Å². The molecule has 2 aromatic carbocycles. The predicted molar refractivity (Wildman–Crippen MR) is 100 cm³/mol. The fourth-order valence-electron chi connectivity index (χ4n) is 3.30. The van der Waals surface area contributed by atoms with Gasteiger partial charge < -0.3 is 0 Å². The molecule has 0 bridgehead atoms. The molecule has 0 saturated heterocycles. The number of nitrogens with zero attached hydrogens (tertiary/aromatic N) is 1. The summed E-state index contributed by atoms with van der Waals surface area (Å²) in [6.07, 6.45) is 0.772. The average molecular weight is 386 g/mol. The van der Waals surface area contributed by atoms with Gasteiger partial charge in [0.25, 0.3) is 11.8 Å². The van der Waals surface area contributed by atoms with E-state index in [-0.39, 0.29) is 17.7 Å². The first kappa shape index (κ1) is 16.9. The highest BCUT2D eigenvalue weighted by Gasteiger charge is 2.40. The molecule has 124 valence electrons. The van der Waals surface area contributed by atoms with Gasteiger partial charge in [-0.15, -0.1) is 0 Å². The van der Waals surface area contributed by atoms with Gasteiger partial charge in [0.15, 0.2) is 0 Å². The summed E-state index contributed by atoms with van der Waals surface area (Å²) < 4.78 is 0. The van der Waals surface area contributed by atoms with E-state index >= 15 is 0 Å². The van der Waals surface area contributed by atoms with Crippen LogP contribution in [0.15, 0.2) is 36.4 Å². The first-order valence-electron chi connectivity index (χ1n) is 8.19. The molecular formula is C20H20BrNO2. The van der Waals surface area contributed by atoms with Crippen LogP contribution in [0.1, 0.15) is 64.1 Å². The van der Waals surface area contributed by atoms with Crippen molar-refractivity contribution in [3.05, 3.63) is 64.2 Å². The Bertz CT molecular complexity index is 826. The Balaban J connectivity index is 2.23. The fourth-order valence-corrected chi connectivity index (χ4v) is 3.77. The van der Waals surface area contributed by atoms with Crippen molar-refractivity contribution in [2.75, 3.05) is 4.90 Å². The Kier molecular flexibility index (Phi) is 4.59. The topological polar surface area (TPSA) is 37.4 Å². The molecule has 0 N–H and O–H groups in total. The first-order chi connectivity index (χ1) is 11.5. The lowest BCUT2D eigenvalue weighted by molar-refractivity contribution is 0.0925. The van der Waals surface area contributed by atoms with E-state index in [9.17, 15) is 9.59 Å². The van der Waals surface area contributed by atoms with Crippen molar-refractivity contribution >= 4 is 33.4 Å². The predicted octanol–water partition coefficient (Wildman–Crippen LogP) is 5.07. The number of para-hydroxylation sites is 1. The van der Waals surface area contributed by atoms with Gasteiger partial charge in [0.2, 0.25) is 0 Å². The molecule has 0 aromatic heterocycles. The SMILES string of the molecule is CCc1cccc(C(C)C)c1N1C(=O)c2cccc(CBr)c2C1=O. The van der Waals surface area contributed by atoms with Crippen LogP contribution in [0.4, 0.5) is 5.69 Å². The van der Waals surface area contributed by atoms with Crippen LogP contribution in [-0.4, -0.2) is 11.8 Å². The van der Waals surface area contributed by atoms with Gasteiger partial charge in [-0.1, -0.05) is 67.0 Å². The summed E-state index contributed by atoms with van der Waals surface area (Å²) in [6.45, 7) is 6.21. The molecule has 0 spiro atoms. The van der Waals surface area contributed by atoms with Crippen molar-refractivity contribution < 1.29 is 9.59 Å². The summed E-state index contributed by atoms with van der Waals surface area (Å²) in [4.78, 5) is 27.5. The maximum Gasteiger partial charge on any atom is 0.266 e. The van der Waals surface area contributed by atoms with Crippen LogP contribution in [-0.2, 0) is 11.8 Å². The minimum atomic E-state index is -0.222. The number of halogens is 1. The van der Waals surface area contributed by atoms with E-state index in [4.69, 9.17) is 0 Å². The standard InChI is InChI=1S/C20H20BrNO2/c1-4-13-7-5-9-15(12(2)3)18(13)22-19(23)16-10-6-8-14(11-21)17(16)20(22)24/h5-10,12H,4,11H2,1-3H3. The summed E-state index contributed by atoms with van der Waals surface area (Å²) in [6, 6.07) is 11.5. The third-order valence-electron chi connectivity index (χ3n) is 4.52. The van der Waals surface area contributed by atoms with Crippen LogP contribution >= 0.6 is 15.9 Å². The highest BCUT2D eigenvalue weighted by atomic mass is 79.9. The van der Waals surface area contributed by atoms with E-state index in [0.717, 1.165) is 28.8 Å². The van der Waals surface area contributed by atoms with Crippen LogP contribution in [0.25, 0.3) is 0 Å². The van der Waals surface area contributed by atoms with E-state index in [1.807, 2.05) is 37.3 Å². The summed E-state index contributed by atoms with van der Waals surface area (Å²) in [5.74, 6) is -0.208. The number of rotatable bonds is 4. The number of alkyl halides is 1. The van der Waals surface area contributed by atoms with Gasteiger partial charge in [-0.25, -0.2) is 4.90 Å². The number of imide groups is 1. The fraction of sp³-hybridized carbons (Fsp3) is 0.300. The van der Waals surface area contributed by atoms with Crippen molar-refractivity contribution in [2.24, 2.45) is 0 Å². The molecule has 3 nitrogen and oxygen atoms in total. The van der Waals surface area contributed by atoms with E-state index in [1.165, 1.54) is 4.90 Å². The molecule has 2 amide bonds. The van der Waals surface area contributed by atoms with Gasteiger partial charge >= 0.3 is 0 Å². The summed E-state index contributed by atoms with van der Waals surface area (Å²) in [5, 5.41) is 0.551. The molecule has 0 fully saturated rings. The van der Waals surface area contributed by atoms with Crippen LogP contribution in [0.5, 0.6) is 0 Å². The molecule has 1 heterocycles. The Morgan fingerprint density at radius 2 is 1.67 bits per heavy atom. The Morgan fingerprint density at radius 1 is 1.00 bits per heavy atom. The van der Waals surface area contributed by atoms with Crippen LogP contribution in [0.3, 0.4) is 0 Å². The van der Waals surface area contributed by atoms with Gasteiger partial charge in [0, 0.05) is 5.33 Å². The molecule has 3 rings (SSSR count). The zero-order valence-corrected chi connectivity index (χ0v) is 15.7. The quantitative estimate of drug-likeness (QED) is 0.544. The smallest absolute Gasteiger partial charge is 0.266 e. The summed E-state index contributed by atoms with van der Waals surface area (Å²) in [7, 11) is 0. The van der Waals surface area contributed by atoms with E-state index in [0.29, 0.717) is 16.5 Å².